The number of rotatable bonds is 10. The smallest absolute Gasteiger partial charge is 0.387 e. The molecule has 1 aromatic heterocycles. The third kappa shape index (κ3) is 6.19. The van der Waals surface area contributed by atoms with Gasteiger partial charge in [0.2, 0.25) is 15.8 Å². The Bertz CT molecular complexity index is 1260. The van der Waals surface area contributed by atoms with Crippen LogP contribution in [0.5, 0.6) is 11.5 Å². The van der Waals surface area contributed by atoms with Crippen molar-refractivity contribution < 1.29 is 40.7 Å². The number of esters is 1. The van der Waals surface area contributed by atoms with Gasteiger partial charge in [0.25, 0.3) is 5.89 Å². The zero-order chi connectivity index (χ0) is 24.9. The molecule has 0 unspecified atom stereocenters. The van der Waals surface area contributed by atoms with Crippen LogP contribution in [0, 0.1) is 6.92 Å². The van der Waals surface area contributed by atoms with Crippen LogP contribution in [-0.4, -0.2) is 51.0 Å². The largest absolute Gasteiger partial charge is 0.493 e. The van der Waals surface area contributed by atoms with E-state index in [1.54, 1.807) is 31.2 Å². The van der Waals surface area contributed by atoms with Gasteiger partial charge in [0.05, 0.1) is 19.1 Å². The summed E-state index contributed by atoms with van der Waals surface area (Å²) < 4.78 is 69.9. The molecule has 3 rings (SSSR count). The Balaban J connectivity index is 1.67. The highest BCUT2D eigenvalue weighted by molar-refractivity contribution is 7.92. The van der Waals surface area contributed by atoms with Crippen LogP contribution in [0.4, 0.5) is 14.5 Å². The minimum atomic E-state index is -3.76. The maximum atomic E-state index is 12.5. The van der Waals surface area contributed by atoms with Crippen molar-refractivity contribution in [2.45, 2.75) is 20.1 Å². The number of carbonyl (C=O) groups is 1. The predicted octanol–water partition coefficient (Wildman–Crippen LogP) is 3.16. The topological polar surface area (TPSA) is 121 Å². The first kappa shape index (κ1) is 24.9. The minimum absolute atomic E-state index is 0.0349. The van der Waals surface area contributed by atoms with Crippen molar-refractivity contribution in [2.75, 3.05) is 24.2 Å². The number of aryl methyl sites for hydroxylation is 1. The lowest BCUT2D eigenvalue weighted by molar-refractivity contribution is -0.143. The summed E-state index contributed by atoms with van der Waals surface area (Å²) in [5.74, 6) is -0.929. The van der Waals surface area contributed by atoms with E-state index >= 15 is 0 Å². The van der Waals surface area contributed by atoms with Crippen LogP contribution in [-0.2, 0) is 26.2 Å². The number of para-hydroxylation sites is 1. The molecule has 182 valence electrons. The highest BCUT2D eigenvalue weighted by Crippen LogP contribution is 2.32. The summed E-state index contributed by atoms with van der Waals surface area (Å²) >= 11 is 0. The average Bonchev–Trinajstić information content (AvgIpc) is 3.25. The summed E-state index contributed by atoms with van der Waals surface area (Å²) in [7, 11) is -2.47. The number of sulfonamides is 1. The van der Waals surface area contributed by atoms with Crippen LogP contribution in [0.1, 0.15) is 11.5 Å². The van der Waals surface area contributed by atoms with Crippen LogP contribution >= 0.6 is 0 Å². The second-order valence-electron chi connectivity index (χ2n) is 6.97. The molecule has 2 aromatic carbocycles. The van der Waals surface area contributed by atoms with Gasteiger partial charge in [-0.2, -0.15) is 13.8 Å². The Morgan fingerprint density at radius 2 is 1.91 bits per heavy atom. The molecule has 34 heavy (non-hydrogen) atoms. The first-order chi connectivity index (χ1) is 16.1. The molecule has 0 radical (unpaired) electrons. The van der Waals surface area contributed by atoms with Gasteiger partial charge in [0, 0.05) is 5.56 Å². The van der Waals surface area contributed by atoms with E-state index in [0.717, 1.165) is 10.6 Å². The Morgan fingerprint density at radius 3 is 2.56 bits per heavy atom. The molecule has 0 spiro atoms. The van der Waals surface area contributed by atoms with Gasteiger partial charge in [0.1, 0.15) is 6.54 Å². The highest BCUT2D eigenvalue weighted by atomic mass is 32.2. The molecule has 0 saturated carbocycles. The number of halogens is 2. The first-order valence-corrected chi connectivity index (χ1v) is 11.6. The average molecular weight is 497 g/mol. The second-order valence-corrected chi connectivity index (χ2v) is 8.88. The van der Waals surface area contributed by atoms with Gasteiger partial charge < -0.3 is 18.7 Å². The van der Waals surface area contributed by atoms with Crippen molar-refractivity contribution in [2.24, 2.45) is 0 Å². The van der Waals surface area contributed by atoms with Crippen LogP contribution < -0.4 is 13.8 Å². The molecule has 0 aliphatic rings. The second kappa shape index (κ2) is 10.5. The summed E-state index contributed by atoms with van der Waals surface area (Å²) in [6, 6.07) is 10.8. The lowest BCUT2D eigenvalue weighted by Crippen LogP contribution is -2.36. The summed E-state index contributed by atoms with van der Waals surface area (Å²) in [5, 5.41) is 3.76. The van der Waals surface area contributed by atoms with E-state index in [9.17, 15) is 22.0 Å². The monoisotopic (exact) mass is 497 g/mol. The van der Waals surface area contributed by atoms with E-state index in [0.29, 0.717) is 16.8 Å². The van der Waals surface area contributed by atoms with Crippen LogP contribution in [0.15, 0.2) is 47.0 Å². The van der Waals surface area contributed by atoms with Crippen molar-refractivity contribution >= 4 is 21.7 Å². The molecule has 0 aliphatic heterocycles. The van der Waals surface area contributed by atoms with E-state index in [1.807, 2.05) is 0 Å². The van der Waals surface area contributed by atoms with E-state index in [4.69, 9.17) is 14.0 Å². The molecule has 3 aromatic rings. The fraction of sp³-hybridized carbons (Fsp3) is 0.286. The third-order valence-electron chi connectivity index (χ3n) is 4.52. The molecule has 0 fully saturated rings. The number of anilines is 1. The molecule has 0 bridgehead atoms. The van der Waals surface area contributed by atoms with Gasteiger partial charge in [-0.05, 0) is 36.8 Å². The molecule has 0 N–H and O–H groups in total. The first-order valence-electron chi connectivity index (χ1n) is 9.73. The van der Waals surface area contributed by atoms with E-state index in [2.05, 4.69) is 14.9 Å². The van der Waals surface area contributed by atoms with Crippen molar-refractivity contribution in [3.63, 3.8) is 0 Å². The lowest BCUT2D eigenvalue weighted by Gasteiger charge is -2.22. The summed E-state index contributed by atoms with van der Waals surface area (Å²) in [6.07, 6.45) is 0.989. The number of ether oxygens (including phenoxy) is 3. The summed E-state index contributed by atoms with van der Waals surface area (Å²) in [6.45, 7) is -2.25. The fourth-order valence-corrected chi connectivity index (χ4v) is 3.86. The predicted molar refractivity (Wildman–Crippen MR) is 116 cm³/mol. The maximum Gasteiger partial charge on any atom is 0.387 e. The van der Waals surface area contributed by atoms with Crippen molar-refractivity contribution in [3.05, 3.63) is 53.9 Å². The molecule has 1 heterocycles. The van der Waals surface area contributed by atoms with Crippen molar-refractivity contribution in [1.82, 2.24) is 10.1 Å². The van der Waals surface area contributed by atoms with Gasteiger partial charge in [-0.3, -0.25) is 9.10 Å². The molecule has 10 nitrogen and oxygen atoms in total. The number of benzene rings is 2. The molecular weight excluding hydrogens is 476 g/mol. The quantitative estimate of drug-likeness (QED) is 0.389. The minimum Gasteiger partial charge on any atom is -0.493 e. The van der Waals surface area contributed by atoms with Crippen LogP contribution in [0.25, 0.3) is 11.4 Å². The number of alkyl halides is 2. The number of carbonyl (C=O) groups excluding carboxylic acids is 1. The molecular formula is C21H21F2N3O7S. The Labute approximate surface area is 194 Å². The Morgan fingerprint density at radius 1 is 1.18 bits per heavy atom. The van der Waals surface area contributed by atoms with Crippen molar-refractivity contribution in [1.29, 1.82) is 0 Å². The fourth-order valence-electron chi connectivity index (χ4n) is 2.96. The highest BCUT2D eigenvalue weighted by Gasteiger charge is 2.23. The number of hydrogen-bond donors (Lipinski definition) is 0. The van der Waals surface area contributed by atoms with E-state index in [1.165, 1.54) is 25.3 Å². The number of methoxy groups -OCH3 is 1. The van der Waals surface area contributed by atoms with Gasteiger partial charge in [-0.25, -0.2) is 8.42 Å². The zero-order valence-electron chi connectivity index (χ0n) is 18.4. The number of aromatic nitrogens is 2. The zero-order valence-corrected chi connectivity index (χ0v) is 19.2. The van der Waals surface area contributed by atoms with Crippen molar-refractivity contribution in [3.8, 4) is 22.9 Å². The van der Waals surface area contributed by atoms with E-state index < -0.39 is 35.8 Å². The molecule has 0 atom stereocenters. The lowest BCUT2D eigenvalue weighted by atomic mass is 10.2. The molecule has 13 heteroatoms. The standard InChI is InChI=1S/C21H21F2N3O7S/c1-13-6-4-5-7-15(13)26(34(3,28)29)11-19(27)31-12-18-24-20(25-33-18)14-8-9-16(32-21(22)23)17(10-14)30-2/h4-10,21H,11-12H2,1-3H3. The van der Waals surface area contributed by atoms with Gasteiger partial charge >= 0.3 is 12.6 Å². The molecule has 0 aliphatic carbocycles. The van der Waals surface area contributed by atoms with Crippen LogP contribution in [0.2, 0.25) is 0 Å². The summed E-state index contributed by atoms with van der Waals surface area (Å²) in [5.41, 5.74) is 1.40. The maximum absolute atomic E-state index is 12.5. The van der Waals surface area contributed by atoms with Gasteiger partial charge in [-0.1, -0.05) is 23.4 Å². The van der Waals surface area contributed by atoms with Gasteiger partial charge in [0.15, 0.2) is 18.1 Å². The Hall–Kier alpha value is -3.74. The molecule has 0 amide bonds. The summed E-state index contributed by atoms with van der Waals surface area (Å²) in [4.78, 5) is 16.4. The number of nitrogens with zero attached hydrogens (tertiary/aromatic N) is 3. The Kier molecular flexibility index (Phi) is 7.66. The normalized spacial score (nSPS) is 11.4. The third-order valence-corrected chi connectivity index (χ3v) is 5.65. The van der Waals surface area contributed by atoms with E-state index in [-0.39, 0.29) is 23.2 Å². The van der Waals surface area contributed by atoms with Gasteiger partial charge in [-0.15, -0.1) is 0 Å². The number of hydrogen-bond acceptors (Lipinski definition) is 9. The van der Waals surface area contributed by atoms with Crippen LogP contribution in [0.3, 0.4) is 0 Å². The molecule has 0 saturated heterocycles. The SMILES string of the molecule is COc1cc(-c2noc(COC(=O)CN(c3ccccc3C)S(C)(=O)=O)n2)ccc1OC(F)F.